The Kier molecular flexibility index (Phi) is 4.23. The van der Waals surface area contributed by atoms with E-state index in [-0.39, 0.29) is 16.6 Å². The van der Waals surface area contributed by atoms with Crippen molar-refractivity contribution in [3.8, 4) is 5.75 Å². The number of phenolic OH excluding ortho intramolecular Hbond substituents is 1. The van der Waals surface area contributed by atoms with Crippen LogP contribution in [0.2, 0.25) is 0 Å². The van der Waals surface area contributed by atoms with Crippen molar-refractivity contribution >= 4 is 15.7 Å². The third-order valence-electron chi connectivity index (χ3n) is 3.29. The molecular formula is C16H19NO3S. The van der Waals surface area contributed by atoms with E-state index in [1.807, 2.05) is 13.8 Å². The average Bonchev–Trinajstić information content (AvgIpc) is 2.43. The van der Waals surface area contributed by atoms with Gasteiger partial charge >= 0.3 is 0 Å². The van der Waals surface area contributed by atoms with Crippen LogP contribution in [0.1, 0.15) is 30.9 Å². The number of rotatable bonds is 4. The first-order valence-electron chi connectivity index (χ1n) is 6.72. The van der Waals surface area contributed by atoms with Crippen molar-refractivity contribution in [2.75, 3.05) is 4.72 Å². The van der Waals surface area contributed by atoms with Crippen LogP contribution in [0.25, 0.3) is 0 Å². The van der Waals surface area contributed by atoms with Crippen LogP contribution >= 0.6 is 0 Å². The van der Waals surface area contributed by atoms with E-state index in [2.05, 4.69) is 4.72 Å². The minimum Gasteiger partial charge on any atom is -0.508 e. The Balaban J connectivity index is 2.46. The molecule has 4 nitrogen and oxygen atoms in total. The van der Waals surface area contributed by atoms with E-state index in [0.717, 1.165) is 5.56 Å². The Morgan fingerprint density at radius 2 is 1.71 bits per heavy atom. The fourth-order valence-corrected chi connectivity index (χ4v) is 3.18. The molecule has 0 aliphatic carbocycles. The van der Waals surface area contributed by atoms with Gasteiger partial charge in [-0.15, -0.1) is 0 Å². The molecule has 0 saturated heterocycles. The van der Waals surface area contributed by atoms with Crippen molar-refractivity contribution in [3.05, 3.63) is 53.6 Å². The quantitative estimate of drug-likeness (QED) is 0.848. The van der Waals surface area contributed by atoms with Gasteiger partial charge in [-0.1, -0.05) is 32.0 Å². The van der Waals surface area contributed by atoms with Gasteiger partial charge in [0, 0.05) is 0 Å². The maximum absolute atomic E-state index is 12.4. The summed E-state index contributed by atoms with van der Waals surface area (Å²) in [5.74, 6) is 0.256. The minimum atomic E-state index is -3.63. The van der Waals surface area contributed by atoms with Gasteiger partial charge in [0.1, 0.15) is 5.75 Å². The van der Waals surface area contributed by atoms with Gasteiger partial charge in [0.15, 0.2) is 0 Å². The molecule has 0 aliphatic heterocycles. The van der Waals surface area contributed by atoms with E-state index >= 15 is 0 Å². The number of nitrogens with one attached hydrogen (secondary N) is 1. The summed E-state index contributed by atoms with van der Waals surface area (Å²) in [5, 5.41) is 9.81. The van der Waals surface area contributed by atoms with Gasteiger partial charge in [0.2, 0.25) is 0 Å². The van der Waals surface area contributed by atoms with Gasteiger partial charge in [-0.3, -0.25) is 4.72 Å². The second-order valence-electron chi connectivity index (χ2n) is 5.30. The number of benzene rings is 2. The molecule has 0 aliphatic rings. The molecule has 0 bridgehead atoms. The Labute approximate surface area is 125 Å². The lowest BCUT2D eigenvalue weighted by Gasteiger charge is -2.16. The zero-order valence-corrected chi connectivity index (χ0v) is 13.1. The molecule has 0 atom stereocenters. The summed E-state index contributed by atoms with van der Waals surface area (Å²) in [4.78, 5) is 0.213. The van der Waals surface area contributed by atoms with Crippen molar-refractivity contribution in [3.63, 3.8) is 0 Å². The van der Waals surface area contributed by atoms with Gasteiger partial charge in [-0.05, 0) is 48.2 Å². The standard InChI is InChI=1S/C16H19NO3S/c1-11(2)14-10-16(18)12(3)9-15(14)17-21(19,20)13-7-5-4-6-8-13/h4-11,17-18H,1-3H3. The van der Waals surface area contributed by atoms with Crippen LogP contribution in [0.15, 0.2) is 47.4 Å². The van der Waals surface area contributed by atoms with Crippen molar-refractivity contribution < 1.29 is 13.5 Å². The molecule has 0 radical (unpaired) electrons. The number of phenols is 1. The Morgan fingerprint density at radius 1 is 1.10 bits per heavy atom. The second kappa shape index (κ2) is 5.77. The molecule has 0 saturated carbocycles. The molecule has 21 heavy (non-hydrogen) atoms. The van der Waals surface area contributed by atoms with Gasteiger partial charge in [-0.25, -0.2) is 8.42 Å². The molecule has 112 valence electrons. The van der Waals surface area contributed by atoms with Gasteiger partial charge < -0.3 is 5.11 Å². The van der Waals surface area contributed by atoms with Gasteiger partial charge in [0.25, 0.3) is 10.0 Å². The molecule has 5 heteroatoms. The molecule has 0 amide bonds. The first-order valence-corrected chi connectivity index (χ1v) is 8.21. The van der Waals surface area contributed by atoms with E-state index in [0.29, 0.717) is 11.3 Å². The number of hydrogen-bond acceptors (Lipinski definition) is 3. The summed E-state index contributed by atoms with van der Waals surface area (Å²) in [6.07, 6.45) is 0. The van der Waals surface area contributed by atoms with E-state index in [1.165, 1.54) is 0 Å². The van der Waals surface area contributed by atoms with Crippen molar-refractivity contribution in [1.29, 1.82) is 0 Å². The fourth-order valence-electron chi connectivity index (χ4n) is 2.08. The number of hydrogen-bond donors (Lipinski definition) is 2. The monoisotopic (exact) mass is 305 g/mol. The van der Waals surface area contributed by atoms with Crippen molar-refractivity contribution in [2.45, 2.75) is 31.6 Å². The number of aromatic hydroxyl groups is 1. The van der Waals surface area contributed by atoms with Crippen molar-refractivity contribution in [2.24, 2.45) is 0 Å². The van der Waals surface area contributed by atoms with Crippen molar-refractivity contribution in [1.82, 2.24) is 0 Å². The van der Waals surface area contributed by atoms with E-state index in [9.17, 15) is 13.5 Å². The minimum absolute atomic E-state index is 0.0879. The van der Waals surface area contributed by atoms with Crippen LogP contribution in [0.3, 0.4) is 0 Å². The largest absolute Gasteiger partial charge is 0.508 e. The van der Waals surface area contributed by atoms with Crippen LogP contribution in [-0.2, 0) is 10.0 Å². The zero-order valence-electron chi connectivity index (χ0n) is 12.3. The van der Waals surface area contributed by atoms with E-state index < -0.39 is 10.0 Å². The molecule has 2 aromatic rings. The molecular weight excluding hydrogens is 286 g/mol. The summed E-state index contributed by atoms with van der Waals surface area (Å²) in [6.45, 7) is 5.63. The zero-order chi connectivity index (χ0) is 15.6. The number of anilines is 1. The summed E-state index contributed by atoms with van der Waals surface area (Å²) >= 11 is 0. The van der Waals surface area contributed by atoms with Gasteiger partial charge in [0.05, 0.1) is 10.6 Å². The molecule has 0 aromatic heterocycles. The lowest BCUT2D eigenvalue weighted by molar-refractivity contribution is 0.470. The number of sulfonamides is 1. The fraction of sp³-hybridized carbons (Fsp3) is 0.250. The normalized spacial score (nSPS) is 11.6. The van der Waals surface area contributed by atoms with Crippen LogP contribution < -0.4 is 4.72 Å². The first-order chi connectivity index (χ1) is 9.81. The molecule has 0 spiro atoms. The van der Waals surface area contributed by atoms with E-state index in [1.54, 1.807) is 49.4 Å². The molecule has 0 heterocycles. The molecule has 2 N–H and O–H groups in total. The third kappa shape index (κ3) is 3.36. The highest BCUT2D eigenvalue weighted by Crippen LogP contribution is 2.32. The lowest BCUT2D eigenvalue weighted by atomic mass is 9.99. The highest BCUT2D eigenvalue weighted by molar-refractivity contribution is 7.92. The maximum Gasteiger partial charge on any atom is 0.261 e. The van der Waals surface area contributed by atoms with Crippen LogP contribution in [0.4, 0.5) is 5.69 Å². The SMILES string of the molecule is Cc1cc(NS(=O)(=O)c2ccccc2)c(C(C)C)cc1O. The molecule has 0 fully saturated rings. The molecule has 2 rings (SSSR count). The summed E-state index contributed by atoms with van der Waals surface area (Å²) in [7, 11) is -3.63. The molecule has 2 aromatic carbocycles. The highest BCUT2D eigenvalue weighted by Gasteiger charge is 2.18. The summed E-state index contributed by atoms with van der Waals surface area (Å²) in [5.41, 5.74) is 1.90. The topological polar surface area (TPSA) is 66.4 Å². The van der Waals surface area contributed by atoms with Crippen LogP contribution in [0, 0.1) is 6.92 Å². The van der Waals surface area contributed by atoms with Crippen LogP contribution in [-0.4, -0.2) is 13.5 Å². The summed E-state index contributed by atoms with van der Waals surface area (Å²) < 4.78 is 27.4. The predicted molar refractivity (Wildman–Crippen MR) is 84.2 cm³/mol. The first kappa shape index (κ1) is 15.4. The Bertz CT molecular complexity index is 738. The Hall–Kier alpha value is -2.01. The average molecular weight is 305 g/mol. The smallest absolute Gasteiger partial charge is 0.261 e. The Morgan fingerprint density at radius 3 is 2.29 bits per heavy atom. The highest BCUT2D eigenvalue weighted by atomic mass is 32.2. The number of aryl methyl sites for hydroxylation is 1. The van der Waals surface area contributed by atoms with Crippen LogP contribution in [0.5, 0.6) is 5.75 Å². The maximum atomic E-state index is 12.4. The van der Waals surface area contributed by atoms with E-state index in [4.69, 9.17) is 0 Å². The van der Waals surface area contributed by atoms with Gasteiger partial charge in [-0.2, -0.15) is 0 Å². The predicted octanol–water partition coefficient (Wildman–Crippen LogP) is 3.62. The lowest BCUT2D eigenvalue weighted by Crippen LogP contribution is -2.14. The summed E-state index contributed by atoms with van der Waals surface area (Å²) in [6, 6.07) is 11.5. The second-order valence-corrected chi connectivity index (χ2v) is 6.98. The third-order valence-corrected chi connectivity index (χ3v) is 4.67. The molecule has 0 unspecified atom stereocenters.